The molecular weight excluding hydrogens is 272 g/mol. The van der Waals surface area contributed by atoms with Gasteiger partial charge in [-0.3, -0.25) is 4.98 Å². The number of H-pyrrole nitrogens is 1. The van der Waals surface area contributed by atoms with Crippen LogP contribution in [0.3, 0.4) is 0 Å². The molecule has 0 aliphatic carbocycles. The van der Waals surface area contributed by atoms with Crippen molar-refractivity contribution < 1.29 is 0 Å². The fourth-order valence-electron chi connectivity index (χ4n) is 1.43. The van der Waals surface area contributed by atoms with E-state index in [-0.39, 0.29) is 0 Å². The summed E-state index contributed by atoms with van der Waals surface area (Å²) in [4.78, 5) is 7.13. The van der Waals surface area contributed by atoms with Gasteiger partial charge in [-0.2, -0.15) is 5.26 Å². The van der Waals surface area contributed by atoms with Crippen LogP contribution in [-0.2, 0) is 0 Å². The van der Waals surface area contributed by atoms with E-state index < -0.39 is 0 Å². The van der Waals surface area contributed by atoms with Gasteiger partial charge < -0.3 is 9.71 Å². The molecule has 7 heteroatoms. The smallest absolute Gasteiger partial charge is 0.102 e. The van der Waals surface area contributed by atoms with Gasteiger partial charge in [0.15, 0.2) is 0 Å². The number of nitrogens with one attached hydrogen (secondary N) is 2. The third-order valence-electron chi connectivity index (χ3n) is 2.19. The zero-order valence-electron chi connectivity index (χ0n) is 8.43. The molecule has 0 aromatic carbocycles. The van der Waals surface area contributed by atoms with E-state index in [1.807, 2.05) is 11.6 Å². The molecule has 3 rings (SSSR count). The largest absolute Gasteiger partial charge is 0.357 e. The third kappa shape index (κ3) is 1.91. The van der Waals surface area contributed by atoms with Gasteiger partial charge in [0.2, 0.25) is 0 Å². The first kappa shape index (κ1) is 10.7. The maximum absolute atomic E-state index is 8.92. The Balaban J connectivity index is 1.86. The Hall–Kier alpha value is -1.49. The zero-order chi connectivity index (χ0) is 11.7. The summed E-state index contributed by atoms with van der Waals surface area (Å²) in [6.45, 7) is 0. The van der Waals surface area contributed by atoms with Crippen LogP contribution in [0.4, 0.5) is 5.69 Å². The summed E-state index contributed by atoms with van der Waals surface area (Å²) in [7, 11) is 0. The molecular formula is C10H6N4S3. The molecule has 0 aliphatic rings. The second-order valence-electron chi connectivity index (χ2n) is 3.19. The molecule has 3 aromatic rings. The predicted molar refractivity (Wildman–Crippen MR) is 72.5 cm³/mol. The number of nitrogens with zero attached hydrogens (tertiary/aromatic N) is 2. The van der Waals surface area contributed by atoms with Gasteiger partial charge in [0.05, 0.1) is 33.2 Å². The number of anilines is 1. The highest BCUT2D eigenvalue weighted by molar-refractivity contribution is 8.02. The maximum Gasteiger partial charge on any atom is 0.102 e. The van der Waals surface area contributed by atoms with Crippen LogP contribution in [0, 0.1) is 11.3 Å². The van der Waals surface area contributed by atoms with Gasteiger partial charge in [0.1, 0.15) is 10.3 Å². The summed E-state index contributed by atoms with van der Waals surface area (Å²) in [5.74, 6) is 0. The first-order valence-corrected chi connectivity index (χ1v) is 7.26. The molecule has 0 radical (unpaired) electrons. The van der Waals surface area contributed by atoms with E-state index in [4.69, 9.17) is 5.26 Å². The SMILES string of the molecule is N#Cc1c[nH]c2c(NSc3cncs3)csc12. The average molecular weight is 278 g/mol. The van der Waals surface area contributed by atoms with Crippen molar-refractivity contribution in [1.82, 2.24) is 9.97 Å². The first-order chi connectivity index (χ1) is 8.38. The molecule has 0 bridgehead atoms. The van der Waals surface area contributed by atoms with Gasteiger partial charge in [-0.05, 0) is 11.9 Å². The first-order valence-electron chi connectivity index (χ1n) is 4.68. The van der Waals surface area contributed by atoms with Gasteiger partial charge in [-0.25, -0.2) is 0 Å². The van der Waals surface area contributed by atoms with Crippen molar-refractivity contribution in [3.05, 3.63) is 28.8 Å². The third-order valence-corrected chi connectivity index (χ3v) is 4.93. The number of thiazole rings is 1. The molecule has 0 saturated carbocycles. The van der Waals surface area contributed by atoms with E-state index in [0.29, 0.717) is 5.56 Å². The lowest BCUT2D eigenvalue weighted by molar-refractivity contribution is 1.38. The van der Waals surface area contributed by atoms with Gasteiger partial charge in [0.25, 0.3) is 0 Å². The van der Waals surface area contributed by atoms with E-state index in [2.05, 4.69) is 20.8 Å². The van der Waals surface area contributed by atoms with Crippen LogP contribution >= 0.6 is 34.6 Å². The van der Waals surface area contributed by atoms with Crippen LogP contribution in [0.15, 0.2) is 27.5 Å². The highest BCUT2D eigenvalue weighted by Crippen LogP contribution is 2.34. The number of rotatable bonds is 3. The molecule has 0 atom stereocenters. The van der Waals surface area contributed by atoms with Gasteiger partial charge in [-0.15, -0.1) is 22.7 Å². The average Bonchev–Trinajstić information content (AvgIpc) is 3.04. The van der Waals surface area contributed by atoms with Crippen molar-refractivity contribution in [1.29, 1.82) is 5.26 Å². The van der Waals surface area contributed by atoms with E-state index in [9.17, 15) is 0 Å². The summed E-state index contributed by atoms with van der Waals surface area (Å²) in [6.07, 6.45) is 3.56. The Bertz CT molecular complexity index is 674. The van der Waals surface area contributed by atoms with Crippen LogP contribution in [0.5, 0.6) is 0 Å². The Kier molecular flexibility index (Phi) is 2.76. The quantitative estimate of drug-likeness (QED) is 0.717. The summed E-state index contributed by atoms with van der Waals surface area (Å²) in [6, 6.07) is 2.17. The molecule has 0 amide bonds. The van der Waals surface area contributed by atoms with Crippen molar-refractivity contribution in [3.63, 3.8) is 0 Å². The molecule has 0 saturated heterocycles. The molecule has 0 spiro atoms. The number of hydrogen-bond acceptors (Lipinski definition) is 6. The molecule has 0 fully saturated rings. The Labute approximate surface area is 109 Å². The van der Waals surface area contributed by atoms with Crippen LogP contribution < -0.4 is 4.72 Å². The Morgan fingerprint density at radius 1 is 1.47 bits per heavy atom. The Morgan fingerprint density at radius 2 is 2.41 bits per heavy atom. The van der Waals surface area contributed by atoms with E-state index in [0.717, 1.165) is 20.1 Å². The number of nitriles is 1. The van der Waals surface area contributed by atoms with Gasteiger partial charge >= 0.3 is 0 Å². The number of aromatic nitrogens is 2. The summed E-state index contributed by atoms with van der Waals surface area (Å²) < 4.78 is 5.37. The molecule has 2 N–H and O–H groups in total. The number of hydrogen-bond donors (Lipinski definition) is 2. The zero-order valence-corrected chi connectivity index (χ0v) is 10.9. The minimum absolute atomic E-state index is 0.695. The van der Waals surface area contributed by atoms with Crippen molar-refractivity contribution >= 4 is 50.5 Å². The van der Waals surface area contributed by atoms with Gasteiger partial charge in [0, 0.05) is 11.6 Å². The second-order valence-corrected chi connectivity index (χ2v) is 6.06. The van der Waals surface area contributed by atoms with E-state index >= 15 is 0 Å². The highest BCUT2D eigenvalue weighted by atomic mass is 32.2. The number of aromatic amines is 1. The second kappa shape index (κ2) is 4.41. The van der Waals surface area contributed by atoms with Crippen LogP contribution in [0.2, 0.25) is 0 Å². The highest BCUT2D eigenvalue weighted by Gasteiger charge is 2.10. The lowest BCUT2D eigenvalue weighted by atomic mass is 10.3. The van der Waals surface area contributed by atoms with E-state index in [1.54, 1.807) is 34.4 Å². The number of fused-ring (bicyclic) bond motifs is 1. The molecule has 84 valence electrons. The van der Waals surface area contributed by atoms with Crippen molar-refractivity contribution in [2.75, 3.05) is 4.72 Å². The standard InChI is InChI=1S/C10H6N4S3/c11-1-6-2-13-9-7(4-15-10(6)9)14-17-8-3-12-5-16-8/h2-5,13-14H. The monoisotopic (exact) mass is 278 g/mol. The molecule has 4 nitrogen and oxygen atoms in total. The lowest BCUT2D eigenvalue weighted by Crippen LogP contribution is -1.82. The van der Waals surface area contributed by atoms with Crippen LogP contribution in [0.1, 0.15) is 5.56 Å². The molecule has 3 aromatic heterocycles. The van der Waals surface area contributed by atoms with E-state index in [1.165, 1.54) is 11.9 Å². The lowest BCUT2D eigenvalue weighted by Gasteiger charge is -1.99. The van der Waals surface area contributed by atoms with Crippen molar-refractivity contribution in [3.8, 4) is 6.07 Å². The molecule has 3 heterocycles. The summed E-state index contributed by atoms with van der Waals surface area (Å²) in [5, 5.41) is 10.9. The Morgan fingerprint density at radius 3 is 3.18 bits per heavy atom. The fraction of sp³-hybridized carbons (Fsp3) is 0. The van der Waals surface area contributed by atoms with Crippen LogP contribution in [-0.4, -0.2) is 9.97 Å². The minimum Gasteiger partial charge on any atom is -0.357 e. The fourth-order valence-corrected chi connectivity index (χ4v) is 3.71. The topological polar surface area (TPSA) is 64.5 Å². The summed E-state index contributed by atoms with van der Waals surface area (Å²) in [5.41, 5.74) is 4.49. The van der Waals surface area contributed by atoms with Crippen molar-refractivity contribution in [2.45, 2.75) is 4.21 Å². The molecule has 17 heavy (non-hydrogen) atoms. The predicted octanol–water partition coefficient (Wildman–Crippen LogP) is 3.68. The van der Waals surface area contributed by atoms with Crippen LogP contribution in [0.25, 0.3) is 10.2 Å². The molecule has 0 aliphatic heterocycles. The number of thiophene rings is 1. The normalized spacial score (nSPS) is 10.5. The van der Waals surface area contributed by atoms with Crippen molar-refractivity contribution in [2.24, 2.45) is 0 Å². The maximum atomic E-state index is 8.92. The van der Waals surface area contributed by atoms with Gasteiger partial charge in [-0.1, -0.05) is 0 Å². The summed E-state index contributed by atoms with van der Waals surface area (Å²) >= 11 is 4.68. The minimum atomic E-state index is 0.695. The molecule has 0 unspecified atom stereocenters.